The zero-order valence-electron chi connectivity index (χ0n) is 7.50. The van der Waals surface area contributed by atoms with Crippen LogP contribution in [0.1, 0.15) is 0 Å². The minimum atomic E-state index is -0.226. The summed E-state index contributed by atoms with van der Waals surface area (Å²) in [6.45, 7) is 0. The first-order valence-corrected chi connectivity index (χ1v) is 5.76. The molecule has 2 rings (SSSR count). The van der Waals surface area contributed by atoms with Gasteiger partial charge < -0.3 is 4.98 Å². The number of aromatic nitrogens is 2. The van der Waals surface area contributed by atoms with Crippen LogP contribution in [0.15, 0.2) is 44.3 Å². The van der Waals surface area contributed by atoms with Crippen molar-refractivity contribution in [1.82, 2.24) is 9.97 Å². The van der Waals surface area contributed by atoms with Gasteiger partial charge in [-0.25, -0.2) is 4.98 Å². The predicted octanol–water partition coefficient (Wildman–Crippen LogP) is 2.96. The Balaban J connectivity index is 2.50. The van der Waals surface area contributed by atoms with Crippen LogP contribution >= 0.6 is 31.9 Å². The van der Waals surface area contributed by atoms with Gasteiger partial charge in [-0.2, -0.15) is 0 Å². The Kier molecular flexibility index (Phi) is 3.02. The summed E-state index contributed by atoms with van der Waals surface area (Å²) in [5.41, 5.74) is 1.46. The zero-order chi connectivity index (χ0) is 10.8. The molecule has 0 amide bonds. The van der Waals surface area contributed by atoms with E-state index in [0.717, 1.165) is 15.7 Å². The standard InChI is InChI=1S/C10H6Br2N2O/c11-7-3-1-6(2-4-7)8-5-13-10(15)9(12)14-8/h1-5H,(H,13,15). The fourth-order valence-corrected chi connectivity index (χ4v) is 1.72. The summed E-state index contributed by atoms with van der Waals surface area (Å²) in [4.78, 5) is 17.8. The molecule has 76 valence electrons. The van der Waals surface area contributed by atoms with Gasteiger partial charge in [0.15, 0.2) is 4.60 Å². The first kappa shape index (κ1) is 10.6. The van der Waals surface area contributed by atoms with Crippen molar-refractivity contribution in [2.45, 2.75) is 0 Å². The second-order valence-corrected chi connectivity index (χ2v) is 4.58. The van der Waals surface area contributed by atoms with Crippen LogP contribution < -0.4 is 5.56 Å². The Morgan fingerprint density at radius 2 is 1.80 bits per heavy atom. The van der Waals surface area contributed by atoms with Crippen molar-refractivity contribution in [2.24, 2.45) is 0 Å². The van der Waals surface area contributed by atoms with E-state index in [9.17, 15) is 4.79 Å². The molecule has 1 heterocycles. The van der Waals surface area contributed by atoms with Gasteiger partial charge in [0, 0.05) is 16.2 Å². The van der Waals surface area contributed by atoms with Gasteiger partial charge in [-0.3, -0.25) is 4.79 Å². The molecule has 2 aromatic rings. The monoisotopic (exact) mass is 328 g/mol. The lowest BCUT2D eigenvalue weighted by atomic mass is 10.2. The third-order valence-corrected chi connectivity index (χ3v) is 2.95. The minimum absolute atomic E-state index is 0.226. The van der Waals surface area contributed by atoms with Crippen LogP contribution in [0.4, 0.5) is 0 Å². The van der Waals surface area contributed by atoms with Gasteiger partial charge in [-0.05, 0) is 28.1 Å². The normalized spacial score (nSPS) is 10.3. The maximum absolute atomic E-state index is 11.1. The lowest BCUT2D eigenvalue weighted by Gasteiger charge is -2.00. The van der Waals surface area contributed by atoms with Gasteiger partial charge >= 0.3 is 0 Å². The first-order chi connectivity index (χ1) is 7.16. The number of hydrogen-bond acceptors (Lipinski definition) is 2. The zero-order valence-corrected chi connectivity index (χ0v) is 10.7. The number of nitrogens with one attached hydrogen (secondary N) is 1. The lowest BCUT2D eigenvalue weighted by molar-refractivity contribution is 1.11. The molecule has 1 N–H and O–H groups in total. The predicted molar refractivity (Wildman–Crippen MR) is 65.7 cm³/mol. The van der Waals surface area contributed by atoms with Crippen molar-refractivity contribution in [3.05, 3.63) is 49.9 Å². The summed E-state index contributed by atoms with van der Waals surface area (Å²) < 4.78 is 1.30. The van der Waals surface area contributed by atoms with Crippen molar-refractivity contribution in [1.29, 1.82) is 0 Å². The average molecular weight is 330 g/mol. The number of rotatable bonds is 1. The molecule has 15 heavy (non-hydrogen) atoms. The smallest absolute Gasteiger partial charge is 0.281 e. The maximum Gasteiger partial charge on any atom is 0.281 e. The summed E-state index contributed by atoms with van der Waals surface area (Å²) in [6.07, 6.45) is 1.59. The Hall–Kier alpha value is -0.940. The summed E-state index contributed by atoms with van der Waals surface area (Å²) in [7, 11) is 0. The summed E-state index contributed by atoms with van der Waals surface area (Å²) in [6, 6.07) is 7.71. The second kappa shape index (κ2) is 4.28. The molecule has 5 heteroatoms. The highest BCUT2D eigenvalue weighted by Crippen LogP contribution is 2.19. The van der Waals surface area contributed by atoms with Crippen molar-refractivity contribution in [3.8, 4) is 11.3 Å². The van der Waals surface area contributed by atoms with Crippen LogP contribution in [0, 0.1) is 0 Å². The molecule has 0 bridgehead atoms. The number of benzene rings is 1. The molecule has 0 aliphatic heterocycles. The number of H-pyrrole nitrogens is 1. The van der Waals surface area contributed by atoms with Gasteiger partial charge in [-0.1, -0.05) is 28.1 Å². The molecule has 0 atom stereocenters. The van der Waals surface area contributed by atoms with Crippen molar-refractivity contribution in [2.75, 3.05) is 0 Å². The molecule has 0 spiro atoms. The van der Waals surface area contributed by atoms with E-state index in [4.69, 9.17) is 0 Å². The summed E-state index contributed by atoms with van der Waals surface area (Å²) in [5.74, 6) is 0. The Bertz CT molecular complexity index is 534. The van der Waals surface area contributed by atoms with Crippen LogP contribution in [-0.4, -0.2) is 9.97 Å². The quantitative estimate of drug-likeness (QED) is 0.874. The topological polar surface area (TPSA) is 45.8 Å². The molecular weight excluding hydrogens is 324 g/mol. The number of aromatic amines is 1. The van der Waals surface area contributed by atoms with Gasteiger partial charge in [-0.15, -0.1) is 0 Å². The molecule has 0 fully saturated rings. The highest BCUT2D eigenvalue weighted by atomic mass is 79.9. The fraction of sp³-hybridized carbons (Fsp3) is 0. The Morgan fingerprint density at radius 3 is 2.40 bits per heavy atom. The number of nitrogens with zero attached hydrogens (tertiary/aromatic N) is 1. The van der Waals surface area contributed by atoms with E-state index in [2.05, 4.69) is 41.8 Å². The van der Waals surface area contributed by atoms with Crippen LogP contribution in [0.3, 0.4) is 0 Å². The SMILES string of the molecule is O=c1[nH]cc(-c2ccc(Br)cc2)nc1Br. The van der Waals surface area contributed by atoms with E-state index in [1.807, 2.05) is 24.3 Å². The van der Waals surface area contributed by atoms with Crippen molar-refractivity contribution < 1.29 is 0 Å². The van der Waals surface area contributed by atoms with Crippen LogP contribution in [0.5, 0.6) is 0 Å². The van der Waals surface area contributed by atoms with E-state index < -0.39 is 0 Å². The van der Waals surface area contributed by atoms with Gasteiger partial charge in [0.2, 0.25) is 0 Å². The van der Waals surface area contributed by atoms with E-state index in [1.54, 1.807) is 6.20 Å². The number of halogens is 2. The maximum atomic E-state index is 11.1. The van der Waals surface area contributed by atoms with Gasteiger partial charge in [0.25, 0.3) is 5.56 Å². The highest BCUT2D eigenvalue weighted by molar-refractivity contribution is 9.10. The molecule has 0 saturated heterocycles. The first-order valence-electron chi connectivity index (χ1n) is 4.18. The van der Waals surface area contributed by atoms with E-state index in [-0.39, 0.29) is 5.56 Å². The average Bonchev–Trinajstić information content (AvgIpc) is 2.23. The molecular formula is C10H6Br2N2O. The van der Waals surface area contributed by atoms with Crippen molar-refractivity contribution >= 4 is 31.9 Å². The highest BCUT2D eigenvalue weighted by Gasteiger charge is 2.02. The Morgan fingerprint density at radius 1 is 1.13 bits per heavy atom. The summed E-state index contributed by atoms with van der Waals surface area (Å²) in [5, 5.41) is 0. The fourth-order valence-electron chi connectivity index (χ4n) is 1.15. The second-order valence-electron chi connectivity index (χ2n) is 2.91. The minimum Gasteiger partial charge on any atom is -0.325 e. The molecule has 0 unspecified atom stereocenters. The molecule has 0 radical (unpaired) electrons. The molecule has 1 aromatic heterocycles. The van der Waals surface area contributed by atoms with Gasteiger partial charge in [0.05, 0.1) is 5.69 Å². The van der Waals surface area contributed by atoms with Gasteiger partial charge in [0.1, 0.15) is 0 Å². The van der Waals surface area contributed by atoms with Crippen LogP contribution in [-0.2, 0) is 0 Å². The third kappa shape index (κ3) is 2.35. The molecule has 3 nitrogen and oxygen atoms in total. The van der Waals surface area contributed by atoms with Crippen molar-refractivity contribution in [3.63, 3.8) is 0 Å². The summed E-state index contributed by atoms with van der Waals surface area (Å²) >= 11 is 6.45. The lowest BCUT2D eigenvalue weighted by Crippen LogP contribution is -2.08. The molecule has 0 aliphatic carbocycles. The van der Waals surface area contributed by atoms with E-state index in [1.165, 1.54) is 0 Å². The van der Waals surface area contributed by atoms with E-state index >= 15 is 0 Å². The molecule has 1 aromatic carbocycles. The number of hydrogen-bond donors (Lipinski definition) is 1. The van der Waals surface area contributed by atoms with E-state index in [0.29, 0.717) is 4.60 Å². The Labute approximate surface area is 103 Å². The third-order valence-electron chi connectivity index (χ3n) is 1.89. The van der Waals surface area contributed by atoms with Crippen LogP contribution in [0.2, 0.25) is 0 Å². The van der Waals surface area contributed by atoms with Crippen LogP contribution in [0.25, 0.3) is 11.3 Å². The largest absolute Gasteiger partial charge is 0.325 e. The molecule has 0 saturated carbocycles. The molecule has 0 aliphatic rings.